The SMILES string of the molecule is Cc1ccnc(Sc2nc(C(C)(C)C)nc(NN)c2C)n1. The third-order valence-corrected chi connectivity index (χ3v) is 3.84. The lowest BCUT2D eigenvalue weighted by molar-refractivity contribution is 0.538. The average molecular weight is 304 g/mol. The molecule has 0 aliphatic carbocycles. The van der Waals surface area contributed by atoms with Gasteiger partial charge in [-0.3, -0.25) is 0 Å². The van der Waals surface area contributed by atoms with Gasteiger partial charge >= 0.3 is 0 Å². The van der Waals surface area contributed by atoms with Crippen molar-refractivity contribution in [2.45, 2.75) is 50.2 Å². The Morgan fingerprint density at radius 2 is 1.86 bits per heavy atom. The van der Waals surface area contributed by atoms with E-state index in [0.29, 0.717) is 11.0 Å². The third-order valence-electron chi connectivity index (χ3n) is 2.87. The summed E-state index contributed by atoms with van der Waals surface area (Å²) >= 11 is 1.42. The van der Waals surface area contributed by atoms with Crippen LogP contribution < -0.4 is 11.3 Å². The lowest BCUT2D eigenvalue weighted by Crippen LogP contribution is -2.20. The molecule has 0 bridgehead atoms. The van der Waals surface area contributed by atoms with Gasteiger partial charge in [0.1, 0.15) is 16.7 Å². The molecule has 3 N–H and O–H groups in total. The minimum absolute atomic E-state index is 0.165. The number of hydrogen-bond acceptors (Lipinski definition) is 7. The zero-order chi connectivity index (χ0) is 15.6. The monoisotopic (exact) mass is 304 g/mol. The molecule has 2 rings (SSSR count). The van der Waals surface area contributed by atoms with E-state index in [1.54, 1.807) is 6.20 Å². The summed E-state index contributed by atoms with van der Waals surface area (Å²) in [5, 5.41) is 1.48. The van der Waals surface area contributed by atoms with Crippen LogP contribution in [0.5, 0.6) is 0 Å². The Labute approximate surface area is 129 Å². The van der Waals surface area contributed by atoms with Crippen LogP contribution in [0.25, 0.3) is 0 Å². The summed E-state index contributed by atoms with van der Waals surface area (Å²) in [7, 11) is 0. The van der Waals surface area contributed by atoms with Crippen LogP contribution in [-0.4, -0.2) is 19.9 Å². The molecule has 21 heavy (non-hydrogen) atoms. The van der Waals surface area contributed by atoms with Crippen LogP contribution in [0, 0.1) is 13.8 Å². The summed E-state index contributed by atoms with van der Waals surface area (Å²) in [6, 6.07) is 1.87. The number of nitrogens with one attached hydrogen (secondary N) is 1. The zero-order valence-corrected chi connectivity index (χ0v) is 13.7. The van der Waals surface area contributed by atoms with Gasteiger partial charge in [0.2, 0.25) is 0 Å². The van der Waals surface area contributed by atoms with Crippen molar-refractivity contribution in [3.63, 3.8) is 0 Å². The quantitative estimate of drug-likeness (QED) is 0.390. The fraction of sp³-hybridized carbons (Fsp3) is 0.429. The van der Waals surface area contributed by atoms with Crippen LogP contribution in [0.4, 0.5) is 5.82 Å². The van der Waals surface area contributed by atoms with Gasteiger partial charge in [-0.05, 0) is 31.7 Å². The molecule has 0 atom stereocenters. The fourth-order valence-corrected chi connectivity index (χ4v) is 2.49. The smallest absolute Gasteiger partial charge is 0.194 e. The number of anilines is 1. The third kappa shape index (κ3) is 3.68. The molecular weight excluding hydrogens is 284 g/mol. The highest BCUT2D eigenvalue weighted by atomic mass is 32.2. The predicted molar refractivity (Wildman–Crippen MR) is 84.2 cm³/mol. The maximum absolute atomic E-state index is 5.57. The Hall–Kier alpha value is -1.73. The van der Waals surface area contributed by atoms with Crippen molar-refractivity contribution < 1.29 is 0 Å². The van der Waals surface area contributed by atoms with Gasteiger partial charge in [0.15, 0.2) is 5.16 Å². The van der Waals surface area contributed by atoms with E-state index in [1.165, 1.54) is 11.8 Å². The first-order valence-corrected chi connectivity index (χ1v) is 7.46. The Bertz CT molecular complexity index is 650. The van der Waals surface area contributed by atoms with E-state index in [2.05, 4.69) is 46.1 Å². The summed E-state index contributed by atoms with van der Waals surface area (Å²) in [4.78, 5) is 17.8. The molecule has 6 nitrogen and oxygen atoms in total. The van der Waals surface area contributed by atoms with E-state index in [4.69, 9.17) is 5.84 Å². The van der Waals surface area contributed by atoms with Crippen molar-refractivity contribution in [1.29, 1.82) is 0 Å². The van der Waals surface area contributed by atoms with Crippen LogP contribution >= 0.6 is 11.8 Å². The highest BCUT2D eigenvalue weighted by molar-refractivity contribution is 7.99. The van der Waals surface area contributed by atoms with E-state index in [9.17, 15) is 0 Å². The molecule has 7 heteroatoms. The molecule has 0 aliphatic heterocycles. The van der Waals surface area contributed by atoms with Crippen molar-refractivity contribution in [2.75, 3.05) is 5.43 Å². The molecule has 0 aliphatic rings. The fourth-order valence-electron chi connectivity index (χ4n) is 1.63. The zero-order valence-electron chi connectivity index (χ0n) is 12.9. The van der Waals surface area contributed by atoms with E-state index in [1.807, 2.05) is 19.9 Å². The Morgan fingerprint density at radius 1 is 1.14 bits per heavy atom. The van der Waals surface area contributed by atoms with Gasteiger partial charge in [-0.15, -0.1) is 0 Å². The van der Waals surface area contributed by atoms with Gasteiger partial charge < -0.3 is 5.43 Å². The second-order valence-electron chi connectivity index (χ2n) is 5.80. The van der Waals surface area contributed by atoms with Crippen LogP contribution in [0.2, 0.25) is 0 Å². The number of aryl methyl sites for hydroxylation is 1. The first-order valence-electron chi connectivity index (χ1n) is 6.64. The van der Waals surface area contributed by atoms with Crippen LogP contribution in [0.1, 0.15) is 37.9 Å². The van der Waals surface area contributed by atoms with Gasteiger partial charge in [-0.2, -0.15) is 0 Å². The van der Waals surface area contributed by atoms with Crippen molar-refractivity contribution in [2.24, 2.45) is 5.84 Å². The molecule has 0 fully saturated rings. The molecule has 2 heterocycles. The molecule has 0 unspecified atom stereocenters. The molecule has 0 saturated heterocycles. The maximum Gasteiger partial charge on any atom is 0.194 e. The largest absolute Gasteiger partial charge is 0.308 e. The molecule has 0 amide bonds. The van der Waals surface area contributed by atoms with E-state index in [0.717, 1.165) is 22.1 Å². The first kappa shape index (κ1) is 15.7. The van der Waals surface area contributed by atoms with Crippen LogP contribution in [0.3, 0.4) is 0 Å². The lowest BCUT2D eigenvalue weighted by Gasteiger charge is -2.19. The number of nitrogens with zero attached hydrogens (tertiary/aromatic N) is 4. The number of rotatable bonds is 3. The molecular formula is C14H20N6S. The molecule has 2 aromatic heterocycles. The topological polar surface area (TPSA) is 89.6 Å². The minimum atomic E-state index is -0.165. The van der Waals surface area contributed by atoms with Gasteiger partial charge in [-0.1, -0.05) is 20.8 Å². The Kier molecular flexibility index (Phi) is 4.43. The summed E-state index contributed by atoms with van der Waals surface area (Å²) in [6.07, 6.45) is 1.74. The summed E-state index contributed by atoms with van der Waals surface area (Å²) in [6.45, 7) is 10.1. The Morgan fingerprint density at radius 3 is 2.43 bits per heavy atom. The summed E-state index contributed by atoms with van der Waals surface area (Å²) in [5.41, 5.74) is 4.29. The molecule has 0 aromatic carbocycles. The van der Waals surface area contributed by atoms with Gasteiger partial charge in [0, 0.05) is 22.9 Å². The second-order valence-corrected chi connectivity index (χ2v) is 6.76. The number of aromatic nitrogens is 4. The van der Waals surface area contributed by atoms with Gasteiger partial charge in [0.05, 0.1) is 0 Å². The van der Waals surface area contributed by atoms with Gasteiger partial charge in [0.25, 0.3) is 0 Å². The molecule has 0 saturated carbocycles. The summed E-state index contributed by atoms with van der Waals surface area (Å²) < 4.78 is 0. The highest BCUT2D eigenvalue weighted by Gasteiger charge is 2.21. The van der Waals surface area contributed by atoms with Crippen molar-refractivity contribution >= 4 is 17.6 Å². The number of nitrogen functional groups attached to an aromatic ring is 1. The molecule has 0 spiro atoms. The molecule has 112 valence electrons. The second kappa shape index (κ2) is 5.95. The number of hydrazine groups is 1. The minimum Gasteiger partial charge on any atom is -0.308 e. The predicted octanol–water partition coefficient (Wildman–Crippen LogP) is 2.62. The normalized spacial score (nSPS) is 11.5. The molecule has 2 aromatic rings. The highest BCUT2D eigenvalue weighted by Crippen LogP contribution is 2.31. The van der Waals surface area contributed by atoms with E-state index >= 15 is 0 Å². The Balaban J connectivity index is 2.47. The number of hydrogen-bond donors (Lipinski definition) is 2. The standard InChI is InChI=1S/C14H20N6S/c1-8-6-7-16-13(17-8)21-11-9(2)10(20-15)18-12(19-11)14(3,4)5/h6-7H,15H2,1-5H3,(H,18,19,20). The van der Waals surface area contributed by atoms with Crippen molar-refractivity contribution in [3.8, 4) is 0 Å². The van der Waals surface area contributed by atoms with Crippen LogP contribution in [-0.2, 0) is 5.41 Å². The van der Waals surface area contributed by atoms with E-state index < -0.39 is 0 Å². The summed E-state index contributed by atoms with van der Waals surface area (Å²) in [5.74, 6) is 6.93. The van der Waals surface area contributed by atoms with E-state index in [-0.39, 0.29) is 5.41 Å². The van der Waals surface area contributed by atoms with Crippen molar-refractivity contribution in [3.05, 3.63) is 29.3 Å². The van der Waals surface area contributed by atoms with Crippen LogP contribution in [0.15, 0.2) is 22.4 Å². The maximum atomic E-state index is 5.57. The average Bonchev–Trinajstić information content (AvgIpc) is 2.40. The van der Waals surface area contributed by atoms with Crippen molar-refractivity contribution in [1.82, 2.24) is 19.9 Å². The number of nitrogens with two attached hydrogens (primary N) is 1. The molecule has 0 radical (unpaired) electrons. The lowest BCUT2D eigenvalue weighted by atomic mass is 9.95. The first-order chi connectivity index (χ1) is 9.81. The van der Waals surface area contributed by atoms with Gasteiger partial charge in [-0.25, -0.2) is 25.8 Å².